The standard InChI is InChI=1S/C30H42N6O4.C29H41N7O4.C24H32N6O2/c1-18(15-39-4)33-29-31-13-27-25(11-26(36(27)34-29)19-5-7-24(37)8-6-19)23-12-32-35(14-23)30(2,3)28(38)20-9-21-16-40-17-22(21)10-20;1-19(15-39-4)32-27-30-13-25-23(11-24(36(25)33-27)20-5-7-22(37)8-6-20)21-12-31-35(14-21)28(2,3)26(38)34-10-9-29(16-34)17-40-18-29;1-15-5-7-17(8-6-15)21-11-19(18-9-10-20(26-12-18)23(31)25-3)22-13-27-24(29-30(21)22)28-16(2)14-32-4/h11-14,18-22,24,37H,5-10,15-17H2,1-4H3,(H,33,34);11-14,19-20,22,37H,5-10,15-18H2,1-4H3,(H,32,33);9-13,15-17H,5-8,14H2,1-4H3,(H,25,31)(H,28,29)/t18-,19?,20?,21-,22+,24?;19-,20?,22?;15?,16-,17?/m000/s1. The molecule has 12 heterocycles. The van der Waals surface area contributed by atoms with Gasteiger partial charge in [0, 0.05) is 171 Å². The smallest absolute Gasteiger partial charge is 0.269 e. The van der Waals surface area contributed by atoms with Gasteiger partial charge >= 0.3 is 0 Å². The second kappa shape index (κ2) is 34.1. The zero-order valence-corrected chi connectivity index (χ0v) is 67.3. The summed E-state index contributed by atoms with van der Waals surface area (Å²) < 4.78 is 36.5. The van der Waals surface area contributed by atoms with E-state index in [-0.39, 0.29) is 65.2 Å². The Morgan fingerprint density at radius 2 is 0.991 bits per heavy atom. The van der Waals surface area contributed by atoms with E-state index in [4.69, 9.17) is 44.1 Å². The van der Waals surface area contributed by atoms with Crippen molar-refractivity contribution in [3.63, 3.8) is 0 Å². The minimum absolute atomic E-state index is 0.0601. The number of hydrogen-bond acceptors (Lipinski definition) is 22. The van der Waals surface area contributed by atoms with E-state index < -0.39 is 11.1 Å². The van der Waals surface area contributed by atoms with Crippen LogP contribution in [-0.2, 0) is 44.4 Å². The molecular weight excluding hydrogens is 1420 g/mol. The van der Waals surface area contributed by atoms with Crippen LogP contribution in [0.15, 0.2) is 79.9 Å². The summed E-state index contributed by atoms with van der Waals surface area (Å²) in [5, 5.41) is 56.8. The number of amides is 2. The van der Waals surface area contributed by atoms with Crippen molar-refractivity contribution >= 4 is 52.0 Å². The second-order valence-electron chi connectivity index (χ2n) is 34.1. The monoisotopic (exact) mass is 1540 g/mol. The molecule has 3 saturated heterocycles. The number of rotatable bonds is 24. The average Bonchev–Trinajstić information content (AvgIpc) is 1.61. The van der Waals surface area contributed by atoms with Crippen LogP contribution in [0.4, 0.5) is 17.8 Å². The Labute approximate surface area is 655 Å². The lowest BCUT2D eigenvalue weighted by Gasteiger charge is -2.38. The van der Waals surface area contributed by atoms with Crippen molar-refractivity contribution in [2.75, 3.05) is 104 Å². The van der Waals surface area contributed by atoms with E-state index in [0.717, 1.165) is 190 Å². The molecule has 6 N–H and O–H groups in total. The molecule has 4 aliphatic carbocycles. The first kappa shape index (κ1) is 79.8. The predicted octanol–water partition coefficient (Wildman–Crippen LogP) is 11.0. The van der Waals surface area contributed by atoms with E-state index in [0.29, 0.717) is 67.0 Å². The van der Waals surface area contributed by atoms with Crippen LogP contribution in [0.3, 0.4) is 0 Å². The zero-order valence-electron chi connectivity index (χ0n) is 67.3. The van der Waals surface area contributed by atoms with E-state index in [1.165, 1.54) is 18.5 Å². The number of aliphatic hydroxyl groups is 2. The predicted molar refractivity (Wildman–Crippen MR) is 426 cm³/mol. The quantitative estimate of drug-likeness (QED) is 0.0327. The van der Waals surface area contributed by atoms with Gasteiger partial charge in [0.1, 0.15) is 16.8 Å². The van der Waals surface area contributed by atoms with E-state index >= 15 is 0 Å². The number of nitrogens with one attached hydrogen (secondary N) is 4. The molecule has 1 spiro atoms. The first-order valence-corrected chi connectivity index (χ1v) is 40.5. The molecular formula is C83H115N19O10. The third-order valence-electron chi connectivity index (χ3n) is 24.7. The van der Waals surface area contributed by atoms with Gasteiger partial charge in [-0.3, -0.25) is 28.7 Å². The molecule has 6 atom stereocenters. The van der Waals surface area contributed by atoms with Gasteiger partial charge in [-0.05, 0) is 174 Å². The summed E-state index contributed by atoms with van der Waals surface area (Å²) in [5.41, 5.74) is 11.0. The topological polar surface area (TPSA) is 328 Å². The Balaban J connectivity index is 0.000000141. The van der Waals surface area contributed by atoms with Crippen molar-refractivity contribution in [1.82, 2.24) is 78.6 Å². The zero-order chi connectivity index (χ0) is 78.8. The first-order valence-electron chi connectivity index (χ1n) is 40.5. The second-order valence-corrected chi connectivity index (χ2v) is 34.1. The van der Waals surface area contributed by atoms with E-state index in [1.54, 1.807) is 45.3 Å². The summed E-state index contributed by atoms with van der Waals surface area (Å²) in [5.74, 6) is 4.73. The molecule has 0 bridgehead atoms. The maximum absolute atomic E-state index is 13.7. The maximum atomic E-state index is 13.7. The Hall–Kier alpha value is -8.84. The summed E-state index contributed by atoms with van der Waals surface area (Å²) in [6.07, 6.45) is 28.9. The number of aromatic nitrogens is 14. The number of hydrogen-bond donors (Lipinski definition) is 6. The van der Waals surface area contributed by atoms with E-state index in [2.05, 4.69) is 71.4 Å². The van der Waals surface area contributed by atoms with Crippen molar-refractivity contribution in [2.45, 2.75) is 211 Å². The molecule has 0 radical (unpaired) electrons. The van der Waals surface area contributed by atoms with Crippen molar-refractivity contribution in [1.29, 1.82) is 0 Å². The fraction of sp³-hybridized carbons (Fsp3) is 0.614. The van der Waals surface area contributed by atoms with E-state index in [9.17, 15) is 24.6 Å². The third-order valence-corrected chi connectivity index (χ3v) is 24.7. The molecule has 2 amide bonds. The maximum Gasteiger partial charge on any atom is 0.269 e. The molecule has 112 heavy (non-hydrogen) atoms. The number of ether oxygens (including phenoxy) is 5. The van der Waals surface area contributed by atoms with Crippen LogP contribution in [0.2, 0.25) is 0 Å². The summed E-state index contributed by atoms with van der Waals surface area (Å²) in [7, 11) is 6.65. The SMILES string of the molecule is CNC(=O)c1ccc(-c2cc(C3CCC(C)CC3)n3nc(N[C@@H](C)COC)ncc23)cn1.COC[C@H](C)Nc1ncc2c(-c3cnn(C(C)(C)C(=O)C4C[C@H]5COC[C@H]5C4)c3)cc(C3CCC(O)CC3)n2n1.COC[C@H](C)Nc1ncc2c(-c3cnn(C(C)(C)C(=O)N4CCC5(COC5)C4)c3)cc(C3CCC(O)CC3)n2n1. The number of carbonyl (C=O) groups excluding carboxylic acids is 3. The van der Waals surface area contributed by atoms with Gasteiger partial charge in [0.2, 0.25) is 23.8 Å². The van der Waals surface area contributed by atoms with Crippen molar-refractivity contribution in [2.24, 2.45) is 29.1 Å². The number of pyridine rings is 1. The highest BCUT2D eigenvalue weighted by Crippen LogP contribution is 2.46. The third kappa shape index (κ3) is 17.0. The largest absolute Gasteiger partial charge is 0.393 e. The number of fused-ring (bicyclic) bond motifs is 4. The molecule has 16 rings (SSSR count). The molecule has 7 fully saturated rings. The molecule has 7 aliphatic rings. The summed E-state index contributed by atoms with van der Waals surface area (Å²) in [4.78, 5) is 59.3. The van der Waals surface area contributed by atoms with Gasteiger partial charge in [-0.1, -0.05) is 25.8 Å². The number of carbonyl (C=O) groups is 3. The summed E-state index contributed by atoms with van der Waals surface area (Å²) >= 11 is 0. The summed E-state index contributed by atoms with van der Waals surface area (Å²) in [6, 6.07) is 10.5. The molecule has 602 valence electrons. The summed E-state index contributed by atoms with van der Waals surface area (Å²) in [6.45, 7) is 22.5. The molecule has 29 nitrogen and oxygen atoms in total. The Bertz CT molecular complexity index is 4540. The van der Waals surface area contributed by atoms with Gasteiger partial charge in [-0.2, -0.15) is 10.2 Å². The Kier molecular flexibility index (Phi) is 24.3. The fourth-order valence-corrected chi connectivity index (χ4v) is 18.0. The van der Waals surface area contributed by atoms with Gasteiger partial charge < -0.3 is 60.1 Å². The number of anilines is 3. The van der Waals surface area contributed by atoms with Crippen LogP contribution < -0.4 is 21.3 Å². The van der Waals surface area contributed by atoms with Gasteiger partial charge in [-0.15, -0.1) is 15.3 Å². The highest BCUT2D eigenvalue weighted by atomic mass is 16.5. The fourth-order valence-electron chi connectivity index (χ4n) is 18.0. The van der Waals surface area contributed by atoms with Crippen molar-refractivity contribution < 1.29 is 48.3 Å². The van der Waals surface area contributed by atoms with Crippen LogP contribution in [0, 0.1) is 29.1 Å². The number of likely N-dealkylation sites (tertiary alicyclic amines) is 1. The highest BCUT2D eigenvalue weighted by Gasteiger charge is 2.49. The van der Waals surface area contributed by atoms with Gasteiger partial charge in [0.25, 0.3) is 5.91 Å². The number of ketones is 1. The van der Waals surface area contributed by atoms with Gasteiger partial charge in [0.15, 0.2) is 5.78 Å². The van der Waals surface area contributed by atoms with Crippen LogP contribution in [-0.4, -0.2) is 219 Å². The Morgan fingerprint density at radius 1 is 0.562 bits per heavy atom. The molecule has 9 aromatic heterocycles. The van der Waals surface area contributed by atoms with E-state index in [1.807, 2.05) is 121 Å². The lowest BCUT2D eigenvalue weighted by molar-refractivity contribution is -0.142. The van der Waals surface area contributed by atoms with Crippen LogP contribution in [0.5, 0.6) is 0 Å². The highest BCUT2D eigenvalue weighted by molar-refractivity contribution is 5.93. The van der Waals surface area contributed by atoms with Crippen LogP contribution >= 0.6 is 0 Å². The first-order chi connectivity index (χ1) is 53.9. The lowest BCUT2D eigenvalue weighted by Crippen LogP contribution is -2.50. The Morgan fingerprint density at radius 3 is 1.38 bits per heavy atom. The van der Waals surface area contributed by atoms with Crippen molar-refractivity contribution in [3.05, 3.63) is 103 Å². The van der Waals surface area contributed by atoms with Crippen LogP contribution in [0.25, 0.3) is 49.9 Å². The lowest BCUT2D eigenvalue weighted by atomic mass is 9.81. The van der Waals surface area contributed by atoms with Crippen LogP contribution in [0.1, 0.15) is 197 Å². The number of aliphatic hydroxyl groups excluding tert-OH is 2. The van der Waals surface area contributed by atoms with Gasteiger partial charge in [0.05, 0.1) is 92.8 Å². The molecule has 1 unspecified atom stereocenters. The average molecular weight is 1540 g/mol. The van der Waals surface area contributed by atoms with Crippen molar-refractivity contribution in [3.8, 4) is 33.4 Å². The normalized spacial score (nSPS) is 23.9. The minimum Gasteiger partial charge on any atom is -0.393 e. The number of methoxy groups -OCH3 is 3. The number of nitrogens with zero attached hydrogens (tertiary/aromatic N) is 15. The molecule has 29 heteroatoms. The number of Topliss-reactive ketones (excluding diaryl/α,β-unsaturated/α-hetero) is 1. The molecule has 4 saturated carbocycles. The minimum atomic E-state index is -0.822. The molecule has 3 aliphatic heterocycles. The molecule has 9 aromatic rings. The molecule has 0 aromatic carbocycles. The van der Waals surface area contributed by atoms with Gasteiger partial charge in [-0.25, -0.2) is 28.5 Å².